The van der Waals surface area contributed by atoms with Crippen molar-refractivity contribution >= 4 is 9.84 Å². The van der Waals surface area contributed by atoms with Crippen LogP contribution in [0.2, 0.25) is 0 Å². The molecule has 2 atom stereocenters. The van der Waals surface area contributed by atoms with Gasteiger partial charge in [0.1, 0.15) is 0 Å². The zero-order chi connectivity index (χ0) is 10.6. The first-order valence-corrected chi connectivity index (χ1v) is 6.88. The summed E-state index contributed by atoms with van der Waals surface area (Å²) in [6, 6.07) is 0. The van der Waals surface area contributed by atoms with Gasteiger partial charge >= 0.3 is 0 Å². The highest BCUT2D eigenvalue weighted by molar-refractivity contribution is 7.92. The van der Waals surface area contributed by atoms with E-state index >= 15 is 0 Å². The van der Waals surface area contributed by atoms with Crippen molar-refractivity contribution in [2.24, 2.45) is 0 Å². The lowest BCUT2D eigenvalue weighted by molar-refractivity contribution is 0.167. The Kier molecular flexibility index (Phi) is 4.34. The number of aliphatic hydroxyl groups is 1. The normalized spacial score (nSPS) is 27.7. The first-order chi connectivity index (χ1) is 6.56. The van der Waals surface area contributed by atoms with Gasteiger partial charge in [0.15, 0.2) is 9.84 Å². The zero-order valence-corrected chi connectivity index (χ0v) is 9.39. The van der Waals surface area contributed by atoms with Crippen molar-refractivity contribution in [3.8, 4) is 0 Å². The Labute approximate surface area is 85.6 Å². The Hall–Kier alpha value is -0.130. The van der Waals surface area contributed by atoms with Gasteiger partial charge in [0, 0.05) is 13.1 Å². The van der Waals surface area contributed by atoms with Crippen molar-refractivity contribution in [2.75, 3.05) is 18.8 Å². The van der Waals surface area contributed by atoms with E-state index in [9.17, 15) is 13.5 Å². The maximum atomic E-state index is 11.4. The third-order valence-electron chi connectivity index (χ3n) is 2.69. The van der Waals surface area contributed by atoms with Crippen LogP contribution in [0.25, 0.3) is 0 Å². The Morgan fingerprint density at radius 1 is 1.57 bits per heavy atom. The molecule has 0 radical (unpaired) electrons. The van der Waals surface area contributed by atoms with Gasteiger partial charge < -0.3 is 10.4 Å². The predicted molar refractivity (Wildman–Crippen MR) is 56.0 cm³/mol. The Morgan fingerprint density at radius 3 is 2.79 bits per heavy atom. The molecule has 0 saturated carbocycles. The first kappa shape index (κ1) is 11.9. The molecule has 4 nitrogen and oxygen atoms in total. The van der Waals surface area contributed by atoms with Crippen molar-refractivity contribution in [1.82, 2.24) is 5.32 Å². The molecule has 2 N–H and O–H groups in total. The molecule has 0 aromatic carbocycles. The van der Waals surface area contributed by atoms with Crippen LogP contribution in [0.3, 0.4) is 0 Å². The largest absolute Gasteiger partial charge is 0.392 e. The topological polar surface area (TPSA) is 66.4 Å². The third-order valence-corrected chi connectivity index (χ3v) is 4.96. The van der Waals surface area contributed by atoms with Crippen molar-refractivity contribution in [3.05, 3.63) is 0 Å². The number of rotatable bonds is 5. The summed E-state index contributed by atoms with van der Waals surface area (Å²) in [4.78, 5) is 0. The number of nitrogens with one attached hydrogen (secondary N) is 1. The van der Waals surface area contributed by atoms with E-state index in [-0.39, 0.29) is 11.4 Å². The van der Waals surface area contributed by atoms with Crippen LogP contribution >= 0.6 is 0 Å². The van der Waals surface area contributed by atoms with Crippen molar-refractivity contribution in [1.29, 1.82) is 0 Å². The lowest BCUT2D eigenvalue weighted by Gasteiger charge is -2.12. The Balaban J connectivity index is 2.25. The molecule has 0 spiro atoms. The maximum absolute atomic E-state index is 11.4. The molecule has 1 fully saturated rings. The first-order valence-electron chi connectivity index (χ1n) is 5.16. The summed E-state index contributed by atoms with van der Waals surface area (Å²) in [5.74, 6) is 0.329. The maximum Gasteiger partial charge on any atom is 0.154 e. The molecule has 1 rings (SSSR count). The smallest absolute Gasteiger partial charge is 0.154 e. The van der Waals surface area contributed by atoms with Crippen molar-refractivity contribution in [2.45, 2.75) is 37.5 Å². The van der Waals surface area contributed by atoms with E-state index in [4.69, 9.17) is 0 Å². The third kappa shape index (κ3) is 3.22. The van der Waals surface area contributed by atoms with E-state index in [1.807, 2.05) is 6.92 Å². The van der Waals surface area contributed by atoms with Crippen LogP contribution in [0.5, 0.6) is 0 Å². The Morgan fingerprint density at radius 2 is 2.29 bits per heavy atom. The molecule has 0 amide bonds. The average Bonchev–Trinajstić information content (AvgIpc) is 2.45. The summed E-state index contributed by atoms with van der Waals surface area (Å²) >= 11 is 0. The van der Waals surface area contributed by atoms with Crippen molar-refractivity contribution < 1.29 is 13.5 Å². The molecule has 0 aromatic heterocycles. The highest BCUT2D eigenvalue weighted by atomic mass is 32.2. The summed E-state index contributed by atoms with van der Waals surface area (Å²) in [5.41, 5.74) is 0. The van der Waals surface area contributed by atoms with Crippen LogP contribution < -0.4 is 5.32 Å². The molecule has 1 saturated heterocycles. The SMILES string of the molecule is CCC(O)CNCC1CCCS1(=O)=O. The lowest BCUT2D eigenvalue weighted by Crippen LogP contribution is -2.35. The van der Waals surface area contributed by atoms with E-state index in [2.05, 4.69) is 5.32 Å². The molecular weight excluding hydrogens is 202 g/mol. The second-order valence-electron chi connectivity index (χ2n) is 3.85. The molecule has 84 valence electrons. The van der Waals surface area contributed by atoms with E-state index < -0.39 is 9.84 Å². The lowest BCUT2D eigenvalue weighted by atomic mass is 10.2. The minimum Gasteiger partial charge on any atom is -0.392 e. The van der Waals surface area contributed by atoms with E-state index in [0.717, 1.165) is 12.8 Å². The quantitative estimate of drug-likeness (QED) is 0.681. The summed E-state index contributed by atoms with van der Waals surface area (Å²) in [6.45, 7) is 2.88. The molecule has 1 aliphatic rings. The summed E-state index contributed by atoms with van der Waals surface area (Å²) < 4.78 is 22.8. The second kappa shape index (κ2) is 5.09. The minimum absolute atomic E-state index is 0.230. The van der Waals surface area contributed by atoms with Crippen molar-refractivity contribution in [3.63, 3.8) is 0 Å². The molecule has 0 bridgehead atoms. The summed E-state index contributed by atoms with van der Waals surface area (Å²) in [7, 11) is -2.84. The number of aliphatic hydroxyl groups excluding tert-OH is 1. The molecule has 2 unspecified atom stereocenters. The molecule has 5 heteroatoms. The highest BCUT2D eigenvalue weighted by Gasteiger charge is 2.30. The van der Waals surface area contributed by atoms with Gasteiger partial charge in [0.2, 0.25) is 0 Å². The fourth-order valence-electron chi connectivity index (χ4n) is 1.64. The number of sulfone groups is 1. The van der Waals surface area contributed by atoms with Gasteiger partial charge in [-0.25, -0.2) is 8.42 Å². The average molecular weight is 221 g/mol. The van der Waals surface area contributed by atoms with Crippen LogP contribution in [0.15, 0.2) is 0 Å². The van der Waals surface area contributed by atoms with E-state index in [1.54, 1.807) is 0 Å². The van der Waals surface area contributed by atoms with Gasteiger partial charge in [-0.3, -0.25) is 0 Å². The molecule has 0 aliphatic carbocycles. The van der Waals surface area contributed by atoms with E-state index in [0.29, 0.717) is 25.3 Å². The van der Waals surface area contributed by atoms with Gasteiger partial charge in [-0.1, -0.05) is 6.92 Å². The zero-order valence-electron chi connectivity index (χ0n) is 8.57. The monoisotopic (exact) mass is 221 g/mol. The fourth-order valence-corrected chi connectivity index (χ4v) is 3.44. The van der Waals surface area contributed by atoms with Crippen LogP contribution in [-0.2, 0) is 9.84 Å². The number of hydrogen-bond acceptors (Lipinski definition) is 4. The van der Waals surface area contributed by atoms with Gasteiger partial charge in [-0.2, -0.15) is 0 Å². The number of hydrogen-bond donors (Lipinski definition) is 2. The second-order valence-corrected chi connectivity index (χ2v) is 6.25. The van der Waals surface area contributed by atoms with Gasteiger partial charge in [0.25, 0.3) is 0 Å². The summed E-state index contributed by atoms with van der Waals surface area (Å²) in [5, 5.41) is 12.0. The molecular formula is C9H19NO3S. The molecule has 14 heavy (non-hydrogen) atoms. The van der Waals surface area contributed by atoms with Crippen LogP contribution in [0, 0.1) is 0 Å². The minimum atomic E-state index is -2.84. The van der Waals surface area contributed by atoms with E-state index in [1.165, 1.54) is 0 Å². The van der Waals surface area contributed by atoms with Crippen LogP contribution in [-0.4, -0.2) is 43.7 Å². The molecule has 1 aliphatic heterocycles. The van der Waals surface area contributed by atoms with Gasteiger partial charge in [-0.15, -0.1) is 0 Å². The Bertz CT molecular complexity index is 263. The molecule has 0 aromatic rings. The fraction of sp³-hybridized carbons (Fsp3) is 1.00. The standard InChI is InChI=1S/C9H19NO3S/c1-2-8(11)6-10-7-9-4-3-5-14(9,12)13/h8-11H,2-7H2,1H3. The highest BCUT2D eigenvalue weighted by Crippen LogP contribution is 2.18. The molecule has 1 heterocycles. The van der Waals surface area contributed by atoms with Crippen LogP contribution in [0.4, 0.5) is 0 Å². The van der Waals surface area contributed by atoms with Gasteiger partial charge in [-0.05, 0) is 19.3 Å². The van der Waals surface area contributed by atoms with Crippen LogP contribution in [0.1, 0.15) is 26.2 Å². The van der Waals surface area contributed by atoms with Gasteiger partial charge in [0.05, 0.1) is 17.1 Å². The predicted octanol–water partition coefficient (Wildman–Crippen LogP) is -0.0759. The summed E-state index contributed by atoms with van der Waals surface area (Å²) in [6.07, 6.45) is 1.88.